The topological polar surface area (TPSA) is 74.5 Å². The molecule has 8 heteroatoms. The van der Waals surface area contributed by atoms with Crippen LogP contribution in [-0.4, -0.2) is 51.8 Å². The van der Waals surface area contributed by atoms with E-state index in [1.54, 1.807) is 26.6 Å². The highest BCUT2D eigenvalue weighted by atomic mass is 16.5. The van der Waals surface area contributed by atoms with Crippen LogP contribution in [0.4, 0.5) is 0 Å². The Kier molecular flexibility index (Phi) is 6.42. The molecule has 5 rings (SSSR count). The Labute approximate surface area is 199 Å². The number of pyridine rings is 2. The smallest absolute Gasteiger partial charge is 0.217 e. The highest BCUT2D eigenvalue weighted by Crippen LogP contribution is 2.29. The number of benzene rings is 1. The van der Waals surface area contributed by atoms with Crippen LogP contribution in [0.15, 0.2) is 54.9 Å². The Balaban J connectivity index is 1.49. The summed E-state index contributed by atoms with van der Waals surface area (Å²) in [6.45, 7) is 5.31. The molecule has 34 heavy (non-hydrogen) atoms. The average molecular weight is 460 g/mol. The highest BCUT2D eigenvalue weighted by Gasteiger charge is 2.27. The Morgan fingerprint density at radius 3 is 2.32 bits per heavy atom. The van der Waals surface area contributed by atoms with Crippen LogP contribution >= 0.6 is 0 Å². The maximum atomic E-state index is 5.98. The third kappa shape index (κ3) is 4.47. The van der Waals surface area contributed by atoms with Gasteiger partial charge in [-0.05, 0) is 36.8 Å². The summed E-state index contributed by atoms with van der Waals surface area (Å²) in [5.74, 6) is 2.24. The molecule has 1 aliphatic heterocycles. The molecule has 1 atom stereocenters. The van der Waals surface area contributed by atoms with Crippen LogP contribution in [0, 0.1) is 6.92 Å². The first kappa shape index (κ1) is 22.3. The SMILES string of the molecule is COc1ncccc1CN(Cc1cccnc1OC)CC1COCc2nc3cc(C)ccc3n21. The minimum Gasteiger partial charge on any atom is -0.481 e. The number of nitrogens with zero attached hydrogens (tertiary/aromatic N) is 5. The summed E-state index contributed by atoms with van der Waals surface area (Å²) < 4.78 is 19.4. The second kappa shape index (κ2) is 9.79. The third-order valence-corrected chi connectivity index (χ3v) is 6.17. The van der Waals surface area contributed by atoms with Crippen LogP contribution in [0.2, 0.25) is 0 Å². The van der Waals surface area contributed by atoms with Crippen molar-refractivity contribution in [2.24, 2.45) is 0 Å². The van der Waals surface area contributed by atoms with Gasteiger partial charge in [0.1, 0.15) is 12.4 Å². The Hall–Kier alpha value is -3.49. The second-order valence-corrected chi connectivity index (χ2v) is 8.57. The molecular formula is C26H29N5O3. The number of rotatable bonds is 8. The van der Waals surface area contributed by atoms with Gasteiger partial charge < -0.3 is 18.8 Å². The van der Waals surface area contributed by atoms with Gasteiger partial charge in [-0.2, -0.15) is 0 Å². The minimum absolute atomic E-state index is 0.113. The van der Waals surface area contributed by atoms with E-state index in [1.165, 1.54) is 5.56 Å². The molecule has 1 aliphatic rings. The number of methoxy groups -OCH3 is 2. The van der Waals surface area contributed by atoms with E-state index < -0.39 is 0 Å². The standard InChI is InChI=1S/C26H29N5O3/c1-18-8-9-23-22(12-18)29-24-17-34-16-21(31(23)24)15-30(13-19-6-4-10-27-25(19)32-2)14-20-7-5-11-28-26(20)33-3/h4-12,21H,13-17H2,1-3H3. The molecule has 1 aromatic carbocycles. The number of hydrogen-bond acceptors (Lipinski definition) is 7. The largest absolute Gasteiger partial charge is 0.481 e. The van der Waals surface area contributed by atoms with E-state index in [9.17, 15) is 0 Å². The maximum Gasteiger partial charge on any atom is 0.217 e. The molecule has 0 amide bonds. The van der Waals surface area contributed by atoms with Gasteiger partial charge in [-0.3, -0.25) is 4.90 Å². The zero-order chi connectivity index (χ0) is 23.5. The van der Waals surface area contributed by atoms with E-state index in [0.29, 0.717) is 38.1 Å². The molecule has 8 nitrogen and oxygen atoms in total. The average Bonchev–Trinajstić information content (AvgIpc) is 3.23. The van der Waals surface area contributed by atoms with Crippen molar-refractivity contribution in [3.05, 3.63) is 77.4 Å². The van der Waals surface area contributed by atoms with Gasteiger partial charge in [0, 0.05) is 43.2 Å². The molecule has 4 aromatic rings. The Bertz CT molecular complexity index is 1240. The predicted molar refractivity (Wildman–Crippen MR) is 129 cm³/mol. The molecule has 4 heterocycles. The van der Waals surface area contributed by atoms with Gasteiger partial charge in [0.25, 0.3) is 0 Å². The summed E-state index contributed by atoms with van der Waals surface area (Å²) in [6.07, 6.45) is 3.50. The van der Waals surface area contributed by atoms with Gasteiger partial charge in [-0.25, -0.2) is 15.0 Å². The van der Waals surface area contributed by atoms with Crippen molar-refractivity contribution in [1.82, 2.24) is 24.4 Å². The molecule has 0 bridgehead atoms. The van der Waals surface area contributed by atoms with Gasteiger partial charge in [0.2, 0.25) is 11.8 Å². The minimum atomic E-state index is 0.113. The monoisotopic (exact) mass is 459 g/mol. The highest BCUT2D eigenvalue weighted by molar-refractivity contribution is 5.77. The third-order valence-electron chi connectivity index (χ3n) is 6.17. The van der Waals surface area contributed by atoms with Crippen LogP contribution < -0.4 is 9.47 Å². The van der Waals surface area contributed by atoms with Gasteiger partial charge in [-0.1, -0.05) is 18.2 Å². The van der Waals surface area contributed by atoms with E-state index in [1.807, 2.05) is 12.1 Å². The van der Waals surface area contributed by atoms with Gasteiger partial charge in [-0.15, -0.1) is 0 Å². The molecule has 0 saturated heterocycles. The van der Waals surface area contributed by atoms with Crippen molar-refractivity contribution in [2.45, 2.75) is 32.7 Å². The lowest BCUT2D eigenvalue weighted by molar-refractivity contribution is 0.0400. The summed E-state index contributed by atoms with van der Waals surface area (Å²) in [7, 11) is 3.31. The quantitative estimate of drug-likeness (QED) is 0.395. The molecule has 0 fully saturated rings. The van der Waals surface area contributed by atoms with Crippen molar-refractivity contribution in [3.63, 3.8) is 0 Å². The lowest BCUT2D eigenvalue weighted by Gasteiger charge is -2.32. The number of imidazole rings is 1. The molecule has 0 aliphatic carbocycles. The normalized spacial score (nSPS) is 15.5. The van der Waals surface area contributed by atoms with Crippen molar-refractivity contribution in [1.29, 1.82) is 0 Å². The zero-order valence-electron chi connectivity index (χ0n) is 19.8. The lowest BCUT2D eigenvalue weighted by Crippen LogP contribution is -2.35. The summed E-state index contributed by atoms with van der Waals surface area (Å²) in [6, 6.07) is 14.5. The first-order valence-electron chi connectivity index (χ1n) is 11.4. The van der Waals surface area contributed by atoms with E-state index in [2.05, 4.69) is 56.7 Å². The first-order chi connectivity index (χ1) is 16.7. The molecular weight excluding hydrogens is 430 g/mol. The van der Waals surface area contributed by atoms with Crippen molar-refractivity contribution in [3.8, 4) is 11.8 Å². The number of aromatic nitrogens is 4. The zero-order valence-corrected chi connectivity index (χ0v) is 19.8. The summed E-state index contributed by atoms with van der Waals surface area (Å²) >= 11 is 0. The number of aryl methyl sites for hydroxylation is 1. The van der Waals surface area contributed by atoms with Crippen molar-refractivity contribution < 1.29 is 14.2 Å². The van der Waals surface area contributed by atoms with Gasteiger partial charge in [0.15, 0.2) is 0 Å². The van der Waals surface area contributed by atoms with Crippen LogP contribution in [0.25, 0.3) is 11.0 Å². The molecule has 0 saturated carbocycles. The molecule has 3 aromatic heterocycles. The van der Waals surface area contributed by atoms with Crippen LogP contribution in [0.3, 0.4) is 0 Å². The fraction of sp³-hybridized carbons (Fsp3) is 0.346. The van der Waals surface area contributed by atoms with Gasteiger partial charge >= 0.3 is 0 Å². The number of hydrogen-bond donors (Lipinski definition) is 0. The first-order valence-corrected chi connectivity index (χ1v) is 11.4. The second-order valence-electron chi connectivity index (χ2n) is 8.57. The van der Waals surface area contributed by atoms with Crippen molar-refractivity contribution in [2.75, 3.05) is 27.4 Å². The van der Waals surface area contributed by atoms with Crippen LogP contribution in [0.5, 0.6) is 11.8 Å². The van der Waals surface area contributed by atoms with Crippen LogP contribution in [0.1, 0.15) is 28.6 Å². The van der Waals surface area contributed by atoms with Gasteiger partial charge in [0.05, 0.1) is 37.9 Å². The number of ether oxygens (including phenoxy) is 3. The van der Waals surface area contributed by atoms with Crippen molar-refractivity contribution >= 4 is 11.0 Å². The maximum absolute atomic E-state index is 5.98. The van der Waals surface area contributed by atoms with Crippen LogP contribution in [-0.2, 0) is 24.4 Å². The predicted octanol–water partition coefficient (Wildman–Crippen LogP) is 3.93. The fourth-order valence-electron chi connectivity index (χ4n) is 4.68. The molecule has 176 valence electrons. The summed E-state index contributed by atoms with van der Waals surface area (Å²) in [4.78, 5) is 16.0. The molecule has 0 radical (unpaired) electrons. The molecule has 0 spiro atoms. The fourth-order valence-corrected chi connectivity index (χ4v) is 4.68. The Morgan fingerprint density at radius 2 is 1.68 bits per heavy atom. The number of fused-ring (bicyclic) bond motifs is 3. The molecule has 1 unspecified atom stereocenters. The summed E-state index contributed by atoms with van der Waals surface area (Å²) in [5.41, 5.74) is 5.41. The van der Waals surface area contributed by atoms with E-state index in [0.717, 1.165) is 34.5 Å². The van der Waals surface area contributed by atoms with E-state index in [4.69, 9.17) is 19.2 Å². The van der Waals surface area contributed by atoms with E-state index >= 15 is 0 Å². The molecule has 0 N–H and O–H groups in total. The van der Waals surface area contributed by atoms with E-state index in [-0.39, 0.29) is 6.04 Å². The lowest BCUT2D eigenvalue weighted by atomic mass is 10.1. The Morgan fingerprint density at radius 1 is 1.00 bits per heavy atom. The summed E-state index contributed by atoms with van der Waals surface area (Å²) in [5, 5.41) is 0.